The molecule has 2 aromatic heterocycles. The predicted molar refractivity (Wildman–Crippen MR) is 108 cm³/mol. The van der Waals surface area contributed by atoms with Crippen molar-refractivity contribution in [3.63, 3.8) is 0 Å². The van der Waals surface area contributed by atoms with E-state index in [1.165, 1.54) is 24.0 Å². The lowest BCUT2D eigenvalue weighted by molar-refractivity contribution is 0.0810. The lowest BCUT2D eigenvalue weighted by Crippen LogP contribution is -2.21. The molecule has 2 aliphatic rings. The van der Waals surface area contributed by atoms with Crippen molar-refractivity contribution in [1.29, 1.82) is 5.26 Å². The number of rotatable bonds is 4. The summed E-state index contributed by atoms with van der Waals surface area (Å²) < 4.78 is 2.03. The Kier molecular flexibility index (Phi) is 4.41. The number of benzene rings is 1. The van der Waals surface area contributed by atoms with Crippen LogP contribution in [0.25, 0.3) is 5.52 Å². The third-order valence-electron chi connectivity index (χ3n) is 6.71. The first-order chi connectivity index (χ1) is 13.7. The van der Waals surface area contributed by atoms with E-state index < -0.39 is 6.10 Å². The van der Waals surface area contributed by atoms with Gasteiger partial charge in [-0.15, -0.1) is 0 Å². The van der Waals surface area contributed by atoms with Crippen LogP contribution in [0, 0.1) is 17.2 Å². The Bertz CT molecular complexity index is 1020. The molecular weight excluding hydrogens is 346 g/mol. The Morgan fingerprint density at radius 2 is 1.71 bits per heavy atom. The first-order valence-electron chi connectivity index (χ1n) is 10.4. The van der Waals surface area contributed by atoms with Crippen molar-refractivity contribution in [1.82, 2.24) is 9.38 Å². The van der Waals surface area contributed by atoms with E-state index in [-0.39, 0.29) is 0 Å². The van der Waals surface area contributed by atoms with Gasteiger partial charge in [0, 0.05) is 11.8 Å². The molecule has 3 aromatic rings. The van der Waals surface area contributed by atoms with Gasteiger partial charge in [0.1, 0.15) is 0 Å². The van der Waals surface area contributed by atoms with Crippen LogP contribution < -0.4 is 0 Å². The molecule has 1 aromatic carbocycles. The molecule has 0 radical (unpaired) electrons. The van der Waals surface area contributed by atoms with Crippen LogP contribution in [0.15, 0.2) is 49.1 Å². The Hall–Kier alpha value is -2.64. The number of pyridine rings is 1. The van der Waals surface area contributed by atoms with Crippen molar-refractivity contribution >= 4 is 5.52 Å². The summed E-state index contributed by atoms with van der Waals surface area (Å²) in [6, 6.07) is 12.4. The standard InChI is InChI=1S/C24H25N3O/c25-13-16-1-3-17(4-2-16)18-5-9-20(10-6-18)24(28)23-21(19-7-8-19)11-12-27-15-26-14-22(23)27/h1-4,11-12,14-15,18-20,24,28H,5-10H2/t18-,20-,24-/m0/s1. The second kappa shape index (κ2) is 7.07. The van der Waals surface area contributed by atoms with E-state index in [2.05, 4.69) is 35.4 Å². The SMILES string of the molecule is N#Cc1ccc([C@H]2CC[C@H]([C@H](O)c3c(C4CC4)ccn4cncc34)CC2)cc1. The molecule has 0 spiro atoms. The average molecular weight is 371 g/mol. The van der Waals surface area contributed by atoms with Gasteiger partial charge in [0.05, 0.1) is 35.8 Å². The Balaban J connectivity index is 1.35. The molecule has 1 N–H and O–H groups in total. The van der Waals surface area contributed by atoms with Gasteiger partial charge in [-0.3, -0.25) is 0 Å². The minimum Gasteiger partial charge on any atom is -0.388 e. The zero-order valence-corrected chi connectivity index (χ0v) is 16.0. The van der Waals surface area contributed by atoms with Crippen LogP contribution in [0.2, 0.25) is 0 Å². The topological polar surface area (TPSA) is 61.3 Å². The summed E-state index contributed by atoms with van der Waals surface area (Å²) in [5, 5.41) is 20.4. The van der Waals surface area contributed by atoms with Gasteiger partial charge in [-0.2, -0.15) is 5.26 Å². The molecule has 2 heterocycles. The number of fused-ring (bicyclic) bond motifs is 1. The van der Waals surface area contributed by atoms with Crippen LogP contribution in [-0.4, -0.2) is 14.5 Å². The minimum absolute atomic E-state index is 0.299. The van der Waals surface area contributed by atoms with Crippen LogP contribution in [0.1, 0.15) is 78.7 Å². The molecule has 0 saturated heterocycles. The quantitative estimate of drug-likeness (QED) is 0.695. The molecule has 0 unspecified atom stereocenters. The summed E-state index contributed by atoms with van der Waals surface area (Å²) in [4.78, 5) is 4.31. The lowest BCUT2D eigenvalue weighted by atomic mass is 9.75. The molecule has 0 bridgehead atoms. The second-order valence-electron chi connectivity index (χ2n) is 8.44. The number of aliphatic hydroxyl groups is 1. The van der Waals surface area contributed by atoms with E-state index >= 15 is 0 Å². The minimum atomic E-state index is -0.419. The molecule has 5 rings (SSSR count). The molecule has 1 atom stereocenters. The van der Waals surface area contributed by atoms with Crippen LogP contribution in [-0.2, 0) is 0 Å². The van der Waals surface area contributed by atoms with Crippen molar-refractivity contribution in [3.8, 4) is 6.07 Å². The fourth-order valence-electron chi connectivity index (χ4n) is 4.94. The van der Waals surface area contributed by atoms with E-state index in [4.69, 9.17) is 5.26 Å². The third kappa shape index (κ3) is 3.10. The van der Waals surface area contributed by atoms with E-state index in [1.807, 2.05) is 29.1 Å². The molecule has 28 heavy (non-hydrogen) atoms. The number of aromatic nitrogens is 2. The van der Waals surface area contributed by atoms with Gasteiger partial charge in [0.25, 0.3) is 0 Å². The number of aliphatic hydroxyl groups excluding tert-OH is 1. The Labute approximate surface area is 165 Å². The number of hydrogen-bond acceptors (Lipinski definition) is 3. The van der Waals surface area contributed by atoms with Crippen molar-refractivity contribution in [3.05, 3.63) is 71.3 Å². The molecule has 4 nitrogen and oxygen atoms in total. The monoisotopic (exact) mass is 371 g/mol. The fourth-order valence-corrected chi connectivity index (χ4v) is 4.94. The third-order valence-corrected chi connectivity index (χ3v) is 6.71. The van der Waals surface area contributed by atoms with Gasteiger partial charge in [-0.05, 0) is 85.6 Å². The summed E-state index contributed by atoms with van der Waals surface area (Å²) in [6.45, 7) is 0. The number of imidazole rings is 1. The van der Waals surface area contributed by atoms with Crippen LogP contribution in [0.5, 0.6) is 0 Å². The molecule has 2 fully saturated rings. The van der Waals surface area contributed by atoms with Gasteiger partial charge in [0.2, 0.25) is 0 Å². The lowest BCUT2D eigenvalue weighted by Gasteiger charge is -2.33. The van der Waals surface area contributed by atoms with Crippen LogP contribution in [0.3, 0.4) is 0 Å². The largest absolute Gasteiger partial charge is 0.388 e. The summed E-state index contributed by atoms with van der Waals surface area (Å²) in [6.07, 6.45) is 12.1. The molecule has 2 aliphatic carbocycles. The number of hydrogen-bond donors (Lipinski definition) is 1. The van der Waals surface area contributed by atoms with Crippen molar-refractivity contribution in [2.24, 2.45) is 5.92 Å². The van der Waals surface area contributed by atoms with E-state index in [1.54, 1.807) is 0 Å². The normalized spacial score (nSPS) is 23.4. The predicted octanol–water partition coefficient (Wildman–Crippen LogP) is 5.09. The van der Waals surface area contributed by atoms with Gasteiger partial charge in [0.15, 0.2) is 0 Å². The molecular formula is C24H25N3O. The van der Waals surface area contributed by atoms with Gasteiger partial charge < -0.3 is 9.51 Å². The summed E-state index contributed by atoms with van der Waals surface area (Å²) in [7, 11) is 0. The maximum atomic E-state index is 11.4. The zero-order chi connectivity index (χ0) is 19.1. The zero-order valence-electron chi connectivity index (χ0n) is 16.0. The number of nitriles is 1. The molecule has 0 amide bonds. The molecule has 2 saturated carbocycles. The first kappa shape index (κ1) is 17.5. The molecule has 142 valence electrons. The second-order valence-corrected chi connectivity index (χ2v) is 8.44. The maximum absolute atomic E-state index is 11.4. The molecule has 0 aliphatic heterocycles. The van der Waals surface area contributed by atoms with Crippen molar-refractivity contribution in [2.75, 3.05) is 0 Å². The Morgan fingerprint density at radius 1 is 1.00 bits per heavy atom. The highest BCUT2D eigenvalue weighted by molar-refractivity contribution is 5.59. The maximum Gasteiger partial charge on any atom is 0.0992 e. The first-order valence-corrected chi connectivity index (χ1v) is 10.4. The van der Waals surface area contributed by atoms with Gasteiger partial charge >= 0.3 is 0 Å². The fraction of sp³-hybridized carbons (Fsp3) is 0.417. The summed E-state index contributed by atoms with van der Waals surface area (Å²) in [5.74, 6) is 1.44. The van der Waals surface area contributed by atoms with Crippen molar-refractivity contribution < 1.29 is 5.11 Å². The van der Waals surface area contributed by atoms with Crippen LogP contribution >= 0.6 is 0 Å². The Morgan fingerprint density at radius 3 is 2.39 bits per heavy atom. The van der Waals surface area contributed by atoms with Gasteiger partial charge in [-0.1, -0.05) is 12.1 Å². The van der Waals surface area contributed by atoms with E-state index in [0.29, 0.717) is 17.8 Å². The van der Waals surface area contributed by atoms with E-state index in [9.17, 15) is 5.11 Å². The van der Waals surface area contributed by atoms with Crippen molar-refractivity contribution in [2.45, 2.75) is 56.5 Å². The average Bonchev–Trinajstić information content (AvgIpc) is 3.49. The smallest absolute Gasteiger partial charge is 0.0992 e. The highest BCUT2D eigenvalue weighted by Crippen LogP contribution is 2.47. The summed E-state index contributed by atoms with van der Waals surface area (Å²) >= 11 is 0. The van der Waals surface area contributed by atoms with Crippen LogP contribution in [0.4, 0.5) is 0 Å². The summed E-state index contributed by atoms with van der Waals surface area (Å²) in [5.41, 5.74) is 5.54. The highest BCUT2D eigenvalue weighted by Gasteiger charge is 2.34. The van der Waals surface area contributed by atoms with E-state index in [0.717, 1.165) is 42.3 Å². The highest BCUT2D eigenvalue weighted by atomic mass is 16.3. The van der Waals surface area contributed by atoms with Gasteiger partial charge in [-0.25, -0.2) is 4.98 Å². The number of nitrogens with zero attached hydrogens (tertiary/aromatic N) is 3. The molecule has 4 heteroatoms.